The summed E-state index contributed by atoms with van der Waals surface area (Å²) in [5, 5.41) is 0. The Balaban J connectivity index is 2.19. The van der Waals surface area contributed by atoms with Crippen molar-refractivity contribution < 1.29 is 22.7 Å². The highest BCUT2D eigenvalue weighted by atomic mass is 19.4. The molecule has 2 aromatic rings. The van der Waals surface area contributed by atoms with Gasteiger partial charge >= 0.3 is 6.18 Å². The van der Waals surface area contributed by atoms with Crippen LogP contribution in [0.15, 0.2) is 42.6 Å². The fourth-order valence-corrected chi connectivity index (χ4v) is 1.71. The summed E-state index contributed by atoms with van der Waals surface area (Å²) in [7, 11) is 0. The Morgan fingerprint density at radius 3 is 2.29 bits per heavy atom. The second-order valence-corrected chi connectivity index (χ2v) is 4.22. The van der Waals surface area contributed by atoms with E-state index in [-0.39, 0.29) is 5.69 Å². The Labute approximate surface area is 119 Å². The molecule has 0 aliphatic rings. The predicted octanol–water partition coefficient (Wildman–Crippen LogP) is 3.73. The van der Waals surface area contributed by atoms with Gasteiger partial charge in [0, 0.05) is 11.8 Å². The summed E-state index contributed by atoms with van der Waals surface area (Å²) in [5.74, 6) is 0.182. The number of pyridine rings is 1. The van der Waals surface area contributed by atoms with Gasteiger partial charge in [0.15, 0.2) is 0 Å². The van der Waals surface area contributed by atoms with Crippen LogP contribution in [-0.4, -0.2) is 17.4 Å². The molecule has 6 heteroatoms. The topological polar surface area (TPSA) is 39.2 Å². The average molecular weight is 295 g/mol. The highest BCUT2D eigenvalue weighted by Gasteiger charge is 2.30. The largest absolute Gasteiger partial charge is 0.494 e. The van der Waals surface area contributed by atoms with Crippen LogP contribution in [0.1, 0.15) is 28.5 Å². The number of rotatable bonds is 4. The number of carbonyl (C=O) groups excluding carboxylic acids is 1. The number of hydrogen-bond donors (Lipinski definition) is 0. The third-order valence-electron chi connectivity index (χ3n) is 2.75. The summed E-state index contributed by atoms with van der Waals surface area (Å²) in [6, 6.07) is 8.26. The van der Waals surface area contributed by atoms with E-state index in [0.29, 0.717) is 24.1 Å². The van der Waals surface area contributed by atoms with Gasteiger partial charge in [0.05, 0.1) is 12.2 Å². The van der Waals surface area contributed by atoms with Crippen LogP contribution in [0.4, 0.5) is 13.2 Å². The third-order valence-corrected chi connectivity index (χ3v) is 2.75. The number of ether oxygens (including phenoxy) is 1. The zero-order valence-corrected chi connectivity index (χ0v) is 11.1. The first-order valence-electron chi connectivity index (χ1n) is 6.22. The van der Waals surface area contributed by atoms with Crippen LogP contribution in [0.2, 0.25) is 0 Å². The number of benzene rings is 1. The summed E-state index contributed by atoms with van der Waals surface area (Å²) in [6.07, 6.45) is -3.81. The maximum atomic E-state index is 12.4. The van der Waals surface area contributed by atoms with E-state index in [9.17, 15) is 18.0 Å². The molecule has 0 N–H and O–H groups in total. The maximum absolute atomic E-state index is 12.4. The normalized spacial score (nSPS) is 11.2. The van der Waals surface area contributed by atoms with Gasteiger partial charge in [0.2, 0.25) is 5.78 Å². The lowest BCUT2D eigenvalue weighted by atomic mass is 10.1. The zero-order valence-electron chi connectivity index (χ0n) is 11.1. The molecule has 1 aromatic heterocycles. The minimum Gasteiger partial charge on any atom is -0.494 e. The summed E-state index contributed by atoms with van der Waals surface area (Å²) in [5.41, 5.74) is -0.580. The van der Waals surface area contributed by atoms with Crippen LogP contribution >= 0.6 is 0 Å². The molecule has 1 heterocycles. The Kier molecular flexibility index (Phi) is 4.26. The molecule has 0 saturated carbocycles. The third kappa shape index (κ3) is 3.59. The lowest BCUT2D eigenvalue weighted by Crippen LogP contribution is -2.09. The van der Waals surface area contributed by atoms with Gasteiger partial charge in [-0.1, -0.05) is 0 Å². The SMILES string of the molecule is CCOc1ccc(C(=O)c2ccc(C(F)(F)F)cn2)cc1. The van der Waals surface area contributed by atoms with Gasteiger partial charge < -0.3 is 4.74 Å². The summed E-state index contributed by atoms with van der Waals surface area (Å²) >= 11 is 0. The molecule has 0 amide bonds. The summed E-state index contributed by atoms with van der Waals surface area (Å²) in [4.78, 5) is 15.7. The number of alkyl halides is 3. The summed E-state index contributed by atoms with van der Waals surface area (Å²) in [6.45, 7) is 2.35. The molecular weight excluding hydrogens is 283 g/mol. The highest BCUT2D eigenvalue weighted by Crippen LogP contribution is 2.28. The zero-order chi connectivity index (χ0) is 15.5. The molecule has 21 heavy (non-hydrogen) atoms. The Bertz CT molecular complexity index is 619. The van der Waals surface area contributed by atoms with Gasteiger partial charge in [-0.05, 0) is 43.3 Å². The first-order chi connectivity index (χ1) is 9.91. The molecule has 2 rings (SSSR count). The van der Waals surface area contributed by atoms with Crippen LogP contribution in [0, 0.1) is 0 Å². The predicted molar refractivity (Wildman–Crippen MR) is 70.3 cm³/mol. The number of nitrogens with zero attached hydrogens (tertiary/aromatic N) is 1. The van der Waals surface area contributed by atoms with Crippen molar-refractivity contribution in [1.29, 1.82) is 0 Å². The van der Waals surface area contributed by atoms with Crippen LogP contribution in [-0.2, 0) is 6.18 Å². The van der Waals surface area contributed by atoms with E-state index < -0.39 is 17.5 Å². The maximum Gasteiger partial charge on any atom is 0.417 e. The number of hydrogen-bond acceptors (Lipinski definition) is 3. The Morgan fingerprint density at radius 2 is 1.81 bits per heavy atom. The second-order valence-electron chi connectivity index (χ2n) is 4.22. The van der Waals surface area contributed by atoms with Crippen molar-refractivity contribution in [3.8, 4) is 5.75 Å². The average Bonchev–Trinajstić information content (AvgIpc) is 2.47. The monoisotopic (exact) mass is 295 g/mol. The van der Waals surface area contributed by atoms with Crippen molar-refractivity contribution in [3.63, 3.8) is 0 Å². The first-order valence-corrected chi connectivity index (χ1v) is 6.22. The quantitative estimate of drug-likeness (QED) is 0.807. The van der Waals surface area contributed by atoms with Crippen molar-refractivity contribution in [2.75, 3.05) is 6.61 Å². The smallest absolute Gasteiger partial charge is 0.417 e. The Hall–Kier alpha value is -2.37. The van der Waals surface area contributed by atoms with Gasteiger partial charge in [-0.3, -0.25) is 9.78 Å². The number of halogens is 3. The minimum atomic E-state index is -4.46. The van der Waals surface area contributed by atoms with E-state index in [0.717, 1.165) is 12.1 Å². The van der Waals surface area contributed by atoms with Gasteiger partial charge in [0.1, 0.15) is 11.4 Å². The van der Waals surface area contributed by atoms with E-state index >= 15 is 0 Å². The standard InChI is InChI=1S/C15H12F3NO2/c1-2-21-12-6-3-10(4-7-12)14(20)13-8-5-11(9-19-13)15(16,17)18/h3-9H,2H2,1H3. The molecule has 0 bridgehead atoms. The molecular formula is C15H12F3NO2. The van der Waals surface area contributed by atoms with Crippen molar-refractivity contribution in [2.45, 2.75) is 13.1 Å². The molecule has 110 valence electrons. The molecule has 0 aliphatic heterocycles. The summed E-state index contributed by atoms with van der Waals surface area (Å²) < 4.78 is 42.5. The number of ketones is 1. The lowest BCUT2D eigenvalue weighted by molar-refractivity contribution is -0.137. The molecule has 0 fully saturated rings. The molecule has 1 aromatic carbocycles. The molecule has 0 radical (unpaired) electrons. The first kappa shape index (κ1) is 15.0. The van der Waals surface area contributed by atoms with Crippen LogP contribution in [0.3, 0.4) is 0 Å². The lowest BCUT2D eigenvalue weighted by Gasteiger charge is -2.07. The molecule has 0 saturated heterocycles. The van der Waals surface area contributed by atoms with E-state index in [1.807, 2.05) is 6.92 Å². The van der Waals surface area contributed by atoms with E-state index in [2.05, 4.69) is 4.98 Å². The number of carbonyl (C=O) groups is 1. The minimum absolute atomic E-state index is 0.0350. The van der Waals surface area contributed by atoms with Crippen molar-refractivity contribution in [3.05, 3.63) is 59.4 Å². The number of aromatic nitrogens is 1. The van der Waals surface area contributed by atoms with Crippen molar-refractivity contribution in [2.24, 2.45) is 0 Å². The molecule has 0 spiro atoms. The van der Waals surface area contributed by atoms with Crippen LogP contribution in [0.25, 0.3) is 0 Å². The van der Waals surface area contributed by atoms with Crippen LogP contribution in [0.5, 0.6) is 5.75 Å². The van der Waals surface area contributed by atoms with E-state index in [1.54, 1.807) is 24.3 Å². The van der Waals surface area contributed by atoms with Crippen molar-refractivity contribution >= 4 is 5.78 Å². The van der Waals surface area contributed by atoms with Crippen LogP contribution < -0.4 is 4.74 Å². The van der Waals surface area contributed by atoms with Gasteiger partial charge in [-0.2, -0.15) is 13.2 Å². The molecule has 3 nitrogen and oxygen atoms in total. The molecule has 0 atom stereocenters. The highest BCUT2D eigenvalue weighted by molar-refractivity contribution is 6.07. The van der Waals surface area contributed by atoms with Crippen molar-refractivity contribution in [1.82, 2.24) is 4.98 Å². The van der Waals surface area contributed by atoms with Gasteiger partial charge in [-0.15, -0.1) is 0 Å². The van der Waals surface area contributed by atoms with Gasteiger partial charge in [0.25, 0.3) is 0 Å². The second kappa shape index (κ2) is 5.95. The molecule has 0 unspecified atom stereocenters. The van der Waals surface area contributed by atoms with E-state index in [4.69, 9.17) is 4.74 Å². The van der Waals surface area contributed by atoms with Gasteiger partial charge in [-0.25, -0.2) is 0 Å². The Morgan fingerprint density at radius 1 is 1.14 bits per heavy atom. The fraction of sp³-hybridized carbons (Fsp3) is 0.200. The molecule has 0 aliphatic carbocycles. The fourth-order valence-electron chi connectivity index (χ4n) is 1.71. The van der Waals surface area contributed by atoms with E-state index in [1.165, 1.54) is 0 Å².